The van der Waals surface area contributed by atoms with Gasteiger partial charge >= 0.3 is 0 Å². The number of nitrogens with two attached hydrogens (primary N) is 1. The quantitative estimate of drug-likeness (QED) is 0.853. The lowest BCUT2D eigenvalue weighted by Gasteiger charge is -2.15. The Bertz CT molecular complexity index is 514. The summed E-state index contributed by atoms with van der Waals surface area (Å²) in [4.78, 5) is 4.14. The molecule has 1 atom stereocenters. The first kappa shape index (κ1) is 11.4. The van der Waals surface area contributed by atoms with E-state index < -0.39 is 0 Å². The first-order valence-electron chi connectivity index (χ1n) is 5.38. The molecule has 4 heteroatoms. The number of nitrogen functional groups attached to an aromatic ring is 1. The fourth-order valence-electron chi connectivity index (χ4n) is 1.61. The van der Waals surface area contributed by atoms with Crippen molar-refractivity contribution >= 4 is 11.5 Å². The zero-order valence-corrected chi connectivity index (χ0v) is 9.52. The van der Waals surface area contributed by atoms with Gasteiger partial charge in [0.2, 0.25) is 0 Å². The summed E-state index contributed by atoms with van der Waals surface area (Å²) in [5.74, 6) is 0.443. The van der Waals surface area contributed by atoms with Gasteiger partial charge in [-0.15, -0.1) is 0 Å². The molecule has 17 heavy (non-hydrogen) atoms. The molecule has 1 heterocycles. The van der Waals surface area contributed by atoms with Crippen LogP contribution in [0.15, 0.2) is 42.6 Å². The van der Waals surface area contributed by atoms with Crippen LogP contribution in [0.25, 0.3) is 0 Å². The Morgan fingerprint density at radius 2 is 2.12 bits per heavy atom. The van der Waals surface area contributed by atoms with Crippen molar-refractivity contribution in [3.05, 3.63) is 54.0 Å². The second-order valence-electron chi connectivity index (χ2n) is 3.90. The minimum atomic E-state index is -0.239. The Hall–Kier alpha value is -2.10. The molecule has 0 saturated carbocycles. The van der Waals surface area contributed by atoms with Crippen LogP contribution in [-0.4, -0.2) is 4.98 Å². The predicted octanol–water partition coefficient (Wildman–Crippen LogP) is 2.98. The maximum absolute atomic E-state index is 13.1. The Morgan fingerprint density at radius 3 is 2.82 bits per heavy atom. The topological polar surface area (TPSA) is 50.9 Å². The number of rotatable bonds is 3. The Balaban J connectivity index is 2.14. The van der Waals surface area contributed by atoms with Crippen molar-refractivity contribution in [1.29, 1.82) is 0 Å². The SMILES string of the molecule is CC(Nc1cc(N)ccn1)c1cccc(F)c1. The molecule has 0 aliphatic carbocycles. The van der Waals surface area contributed by atoms with Crippen LogP contribution in [0.2, 0.25) is 0 Å². The van der Waals surface area contributed by atoms with Crippen LogP contribution >= 0.6 is 0 Å². The van der Waals surface area contributed by atoms with E-state index in [4.69, 9.17) is 5.73 Å². The van der Waals surface area contributed by atoms with Gasteiger partial charge < -0.3 is 11.1 Å². The van der Waals surface area contributed by atoms with Crippen LogP contribution in [0.3, 0.4) is 0 Å². The van der Waals surface area contributed by atoms with E-state index in [1.165, 1.54) is 12.1 Å². The van der Waals surface area contributed by atoms with Gasteiger partial charge in [0.1, 0.15) is 11.6 Å². The van der Waals surface area contributed by atoms with E-state index in [-0.39, 0.29) is 11.9 Å². The van der Waals surface area contributed by atoms with Crippen LogP contribution < -0.4 is 11.1 Å². The van der Waals surface area contributed by atoms with Gasteiger partial charge in [-0.05, 0) is 30.7 Å². The number of nitrogens with one attached hydrogen (secondary N) is 1. The molecule has 0 amide bonds. The molecule has 0 radical (unpaired) electrons. The zero-order valence-electron chi connectivity index (χ0n) is 9.52. The lowest BCUT2D eigenvalue weighted by atomic mass is 10.1. The molecule has 1 aromatic heterocycles. The van der Waals surface area contributed by atoms with Gasteiger partial charge in [0.25, 0.3) is 0 Å². The Morgan fingerprint density at radius 1 is 1.29 bits per heavy atom. The van der Waals surface area contributed by atoms with Crippen molar-refractivity contribution < 1.29 is 4.39 Å². The maximum atomic E-state index is 13.1. The van der Waals surface area contributed by atoms with Gasteiger partial charge in [0.15, 0.2) is 0 Å². The van der Waals surface area contributed by atoms with E-state index in [9.17, 15) is 4.39 Å². The molecule has 0 aliphatic rings. The van der Waals surface area contributed by atoms with E-state index in [2.05, 4.69) is 10.3 Å². The largest absolute Gasteiger partial charge is 0.399 e. The van der Waals surface area contributed by atoms with Gasteiger partial charge in [-0.2, -0.15) is 0 Å². The number of pyridine rings is 1. The third-order valence-corrected chi connectivity index (χ3v) is 2.50. The third-order valence-electron chi connectivity index (χ3n) is 2.50. The van der Waals surface area contributed by atoms with E-state index in [1.807, 2.05) is 13.0 Å². The number of benzene rings is 1. The Labute approximate surface area is 99.5 Å². The first-order chi connectivity index (χ1) is 8.15. The molecule has 3 nitrogen and oxygen atoms in total. The number of aromatic nitrogens is 1. The van der Waals surface area contributed by atoms with E-state index >= 15 is 0 Å². The molecular weight excluding hydrogens is 217 g/mol. The summed E-state index contributed by atoms with van der Waals surface area (Å²) in [5, 5.41) is 3.17. The van der Waals surface area contributed by atoms with Gasteiger partial charge in [-0.1, -0.05) is 12.1 Å². The van der Waals surface area contributed by atoms with Crippen LogP contribution in [0.5, 0.6) is 0 Å². The molecule has 0 spiro atoms. The van der Waals surface area contributed by atoms with E-state index in [1.54, 1.807) is 24.4 Å². The monoisotopic (exact) mass is 231 g/mol. The third kappa shape index (κ3) is 2.93. The lowest BCUT2D eigenvalue weighted by molar-refractivity contribution is 0.623. The van der Waals surface area contributed by atoms with Crippen molar-refractivity contribution in [3.8, 4) is 0 Å². The molecule has 0 saturated heterocycles. The fourth-order valence-corrected chi connectivity index (χ4v) is 1.61. The highest BCUT2D eigenvalue weighted by Gasteiger charge is 2.06. The van der Waals surface area contributed by atoms with Crippen molar-refractivity contribution in [2.75, 3.05) is 11.1 Å². The summed E-state index contributed by atoms with van der Waals surface area (Å²) < 4.78 is 13.1. The average molecular weight is 231 g/mol. The van der Waals surface area contributed by atoms with Gasteiger partial charge in [-0.3, -0.25) is 0 Å². The maximum Gasteiger partial charge on any atom is 0.128 e. The second kappa shape index (κ2) is 4.82. The molecule has 2 rings (SSSR count). The summed E-state index contributed by atoms with van der Waals surface area (Å²) in [7, 11) is 0. The lowest BCUT2D eigenvalue weighted by Crippen LogP contribution is -2.08. The summed E-state index contributed by atoms with van der Waals surface area (Å²) in [6.45, 7) is 1.94. The van der Waals surface area contributed by atoms with Gasteiger partial charge in [0, 0.05) is 18.0 Å². The molecule has 0 bridgehead atoms. The number of hydrogen-bond donors (Lipinski definition) is 2. The normalized spacial score (nSPS) is 12.1. The predicted molar refractivity (Wildman–Crippen MR) is 67.1 cm³/mol. The standard InChI is InChI=1S/C13H14FN3/c1-9(10-3-2-4-11(14)7-10)17-13-8-12(15)5-6-16-13/h2-9H,1H3,(H3,15,16,17). The molecule has 1 unspecified atom stereocenters. The number of halogens is 1. The van der Waals surface area contributed by atoms with Crippen molar-refractivity contribution in [1.82, 2.24) is 4.98 Å². The molecule has 88 valence electrons. The van der Waals surface area contributed by atoms with E-state index in [0.717, 1.165) is 5.56 Å². The molecule has 0 aliphatic heterocycles. The molecule has 1 aromatic carbocycles. The molecule has 0 fully saturated rings. The fraction of sp³-hybridized carbons (Fsp3) is 0.154. The van der Waals surface area contributed by atoms with Crippen LogP contribution in [0.4, 0.5) is 15.9 Å². The highest BCUT2D eigenvalue weighted by Crippen LogP contribution is 2.19. The molecule has 3 N–H and O–H groups in total. The Kier molecular flexibility index (Phi) is 3.23. The zero-order chi connectivity index (χ0) is 12.3. The average Bonchev–Trinajstić information content (AvgIpc) is 2.29. The minimum absolute atomic E-state index is 0.0278. The number of nitrogens with zero attached hydrogens (tertiary/aromatic N) is 1. The van der Waals surface area contributed by atoms with Crippen LogP contribution in [0.1, 0.15) is 18.5 Å². The van der Waals surface area contributed by atoms with Crippen molar-refractivity contribution in [3.63, 3.8) is 0 Å². The van der Waals surface area contributed by atoms with Crippen LogP contribution in [-0.2, 0) is 0 Å². The first-order valence-corrected chi connectivity index (χ1v) is 5.38. The van der Waals surface area contributed by atoms with Gasteiger partial charge in [0.05, 0.1) is 6.04 Å². The second-order valence-corrected chi connectivity index (χ2v) is 3.90. The smallest absolute Gasteiger partial charge is 0.128 e. The van der Waals surface area contributed by atoms with E-state index in [0.29, 0.717) is 11.5 Å². The summed E-state index contributed by atoms with van der Waals surface area (Å²) in [5.41, 5.74) is 7.17. The number of hydrogen-bond acceptors (Lipinski definition) is 3. The summed E-state index contributed by atoms with van der Waals surface area (Å²) in [6, 6.07) is 9.93. The highest BCUT2D eigenvalue weighted by molar-refractivity contribution is 5.49. The van der Waals surface area contributed by atoms with Crippen LogP contribution in [0, 0.1) is 5.82 Å². The minimum Gasteiger partial charge on any atom is -0.399 e. The highest BCUT2D eigenvalue weighted by atomic mass is 19.1. The number of anilines is 2. The molecular formula is C13H14FN3. The van der Waals surface area contributed by atoms with Crippen molar-refractivity contribution in [2.24, 2.45) is 0 Å². The van der Waals surface area contributed by atoms with Gasteiger partial charge in [-0.25, -0.2) is 9.37 Å². The summed E-state index contributed by atoms with van der Waals surface area (Å²) in [6.07, 6.45) is 1.63. The molecule has 2 aromatic rings. The van der Waals surface area contributed by atoms with Crippen molar-refractivity contribution in [2.45, 2.75) is 13.0 Å². The summed E-state index contributed by atoms with van der Waals surface area (Å²) >= 11 is 0.